The number of hydrogen-bond acceptors (Lipinski definition) is 2. The Bertz CT molecular complexity index is 183. The molecule has 64 valence electrons. The van der Waals surface area contributed by atoms with Crippen LogP contribution in [0, 0.1) is 0 Å². The highest BCUT2D eigenvalue weighted by Gasteiger charge is 2.35. The topological polar surface area (TPSA) is 32.3 Å². The Morgan fingerprint density at radius 3 is 2.64 bits per heavy atom. The van der Waals surface area contributed by atoms with E-state index in [1.165, 1.54) is 12.8 Å². The molecule has 0 aliphatic carbocycles. The van der Waals surface area contributed by atoms with Gasteiger partial charge in [0.2, 0.25) is 0 Å². The minimum absolute atomic E-state index is 0.915. The molecule has 0 saturated carbocycles. The van der Waals surface area contributed by atoms with Crippen molar-refractivity contribution in [2.75, 3.05) is 25.4 Å². The van der Waals surface area contributed by atoms with Gasteiger partial charge in [-0.15, -0.1) is 0 Å². The van der Waals surface area contributed by atoms with Crippen LogP contribution in [0.4, 0.5) is 0 Å². The molecule has 1 atom stereocenters. The molecule has 2 saturated heterocycles. The van der Waals surface area contributed by atoms with Crippen LogP contribution in [-0.2, 0) is 4.57 Å². The smallest absolute Gasteiger partial charge is 0.269 e. The molecule has 2 heterocycles. The van der Waals surface area contributed by atoms with Crippen molar-refractivity contribution in [3.63, 3.8) is 0 Å². The van der Waals surface area contributed by atoms with Gasteiger partial charge in [-0.3, -0.25) is 4.57 Å². The zero-order valence-electron chi connectivity index (χ0n) is 6.45. The van der Waals surface area contributed by atoms with Crippen molar-refractivity contribution >= 4 is 18.0 Å². The third-order valence-corrected chi connectivity index (χ3v) is 7.32. The van der Waals surface area contributed by atoms with Crippen LogP contribution in [0.15, 0.2) is 0 Å². The van der Waals surface area contributed by atoms with Crippen molar-refractivity contribution < 1.29 is 4.57 Å². The fourth-order valence-corrected chi connectivity index (χ4v) is 6.34. The van der Waals surface area contributed by atoms with E-state index in [0.717, 1.165) is 25.4 Å². The summed E-state index contributed by atoms with van der Waals surface area (Å²) in [6.45, 7) is 0.848. The molecule has 2 fully saturated rings. The minimum atomic E-state index is -2.12. The summed E-state index contributed by atoms with van der Waals surface area (Å²) in [6.07, 6.45) is 2.43. The normalized spacial score (nSPS) is 40.0. The molecule has 2 aliphatic heterocycles. The van der Waals surface area contributed by atoms with E-state index in [1.54, 1.807) is 11.4 Å². The Morgan fingerprint density at radius 1 is 1.36 bits per heavy atom. The van der Waals surface area contributed by atoms with Gasteiger partial charge in [-0.25, -0.2) is 9.76 Å². The number of nitrogens with one attached hydrogen (secondary N) is 1. The molecule has 2 rings (SSSR count). The first-order valence-corrected chi connectivity index (χ1v) is 7.31. The Balaban J connectivity index is 2.06. The molecule has 0 spiro atoms. The summed E-state index contributed by atoms with van der Waals surface area (Å²) in [5.41, 5.74) is 0. The minimum Gasteiger partial charge on any atom is -0.277 e. The van der Waals surface area contributed by atoms with E-state index >= 15 is 0 Å². The Labute approximate surface area is 71.1 Å². The van der Waals surface area contributed by atoms with Gasteiger partial charge in [0.05, 0.1) is 0 Å². The Morgan fingerprint density at radius 2 is 2.09 bits per heavy atom. The Hall–Kier alpha value is 0.500. The molecular weight excluding hydrogens is 179 g/mol. The quantitative estimate of drug-likeness (QED) is 0.638. The van der Waals surface area contributed by atoms with E-state index in [4.69, 9.17) is 0 Å². The fraction of sp³-hybridized carbons (Fsp3) is 1.00. The van der Waals surface area contributed by atoms with E-state index in [0.29, 0.717) is 0 Å². The Kier molecular flexibility index (Phi) is 2.28. The van der Waals surface area contributed by atoms with Gasteiger partial charge in [0.15, 0.2) is 0 Å². The third-order valence-electron chi connectivity index (χ3n) is 2.13. The maximum Gasteiger partial charge on any atom is 0.269 e. The molecule has 0 radical (unpaired) electrons. The van der Waals surface area contributed by atoms with Crippen LogP contribution >= 0.6 is 18.0 Å². The summed E-state index contributed by atoms with van der Waals surface area (Å²) in [6, 6.07) is 0. The molecule has 0 aromatic heterocycles. The van der Waals surface area contributed by atoms with Gasteiger partial charge in [-0.1, -0.05) is 11.4 Å². The van der Waals surface area contributed by atoms with Gasteiger partial charge >= 0.3 is 0 Å². The summed E-state index contributed by atoms with van der Waals surface area (Å²) >= 11 is 1.61. The molecule has 5 heteroatoms. The highest BCUT2D eigenvalue weighted by Crippen LogP contribution is 2.61. The summed E-state index contributed by atoms with van der Waals surface area (Å²) in [5, 5.41) is 3.12. The van der Waals surface area contributed by atoms with Crippen LogP contribution < -0.4 is 5.09 Å². The van der Waals surface area contributed by atoms with Gasteiger partial charge in [0.25, 0.3) is 6.65 Å². The molecule has 1 N–H and O–H groups in total. The lowest BCUT2D eigenvalue weighted by molar-refractivity contribution is 0.481. The van der Waals surface area contributed by atoms with Crippen LogP contribution in [0.25, 0.3) is 0 Å². The summed E-state index contributed by atoms with van der Waals surface area (Å²) in [4.78, 5) is 0. The van der Waals surface area contributed by atoms with Crippen molar-refractivity contribution in [3.8, 4) is 0 Å². The predicted molar refractivity (Wildman–Crippen MR) is 48.9 cm³/mol. The van der Waals surface area contributed by atoms with Crippen molar-refractivity contribution in [1.29, 1.82) is 0 Å². The van der Waals surface area contributed by atoms with Crippen LogP contribution in [0.2, 0.25) is 0 Å². The molecule has 11 heavy (non-hydrogen) atoms. The molecule has 0 aromatic carbocycles. The number of hydrogen-bond donors (Lipinski definition) is 1. The number of nitrogens with zero attached hydrogens (tertiary/aromatic N) is 1. The lowest BCUT2D eigenvalue weighted by Gasteiger charge is -2.21. The van der Waals surface area contributed by atoms with Gasteiger partial charge in [-0.2, -0.15) is 0 Å². The first kappa shape index (κ1) is 8.11. The average Bonchev–Trinajstić information content (AvgIpc) is 2.55. The van der Waals surface area contributed by atoms with E-state index in [1.807, 2.05) is 0 Å². The van der Waals surface area contributed by atoms with Gasteiger partial charge < -0.3 is 0 Å². The second-order valence-electron chi connectivity index (χ2n) is 2.92. The molecule has 2 aliphatic rings. The van der Waals surface area contributed by atoms with Crippen molar-refractivity contribution in [1.82, 2.24) is 9.76 Å². The second kappa shape index (κ2) is 3.09. The fourth-order valence-electron chi connectivity index (χ4n) is 1.55. The zero-order valence-corrected chi connectivity index (χ0v) is 8.16. The highest BCUT2D eigenvalue weighted by atomic mass is 32.7. The summed E-state index contributed by atoms with van der Waals surface area (Å²) in [7, 11) is 0. The van der Waals surface area contributed by atoms with Crippen LogP contribution in [-0.4, -0.2) is 30.1 Å². The first-order valence-electron chi connectivity index (χ1n) is 4.06. The van der Waals surface area contributed by atoms with E-state index < -0.39 is 6.65 Å². The molecule has 0 bridgehead atoms. The van der Waals surface area contributed by atoms with Gasteiger partial charge in [0.1, 0.15) is 0 Å². The molecule has 0 aromatic rings. The average molecular weight is 192 g/mol. The van der Waals surface area contributed by atoms with Crippen molar-refractivity contribution in [3.05, 3.63) is 0 Å². The SMILES string of the molecule is O=P1(N2CCCC2)NCCS1. The first-order chi connectivity index (χ1) is 5.31. The monoisotopic (exact) mass is 192 g/mol. The van der Waals surface area contributed by atoms with Crippen molar-refractivity contribution in [2.24, 2.45) is 0 Å². The maximum absolute atomic E-state index is 12.0. The summed E-state index contributed by atoms with van der Waals surface area (Å²) < 4.78 is 14.1. The van der Waals surface area contributed by atoms with Crippen LogP contribution in [0.3, 0.4) is 0 Å². The molecule has 1 unspecified atom stereocenters. The maximum atomic E-state index is 12.0. The molecule has 0 amide bonds. The zero-order chi connectivity index (χ0) is 7.73. The van der Waals surface area contributed by atoms with E-state index in [-0.39, 0.29) is 0 Å². The lowest BCUT2D eigenvalue weighted by atomic mass is 10.4. The molecule has 3 nitrogen and oxygen atoms in total. The number of rotatable bonds is 1. The lowest BCUT2D eigenvalue weighted by Crippen LogP contribution is -2.20. The van der Waals surface area contributed by atoms with Crippen LogP contribution in [0.5, 0.6) is 0 Å². The van der Waals surface area contributed by atoms with Crippen molar-refractivity contribution in [2.45, 2.75) is 12.8 Å². The highest BCUT2D eigenvalue weighted by molar-refractivity contribution is 8.57. The van der Waals surface area contributed by atoms with Crippen LogP contribution in [0.1, 0.15) is 12.8 Å². The van der Waals surface area contributed by atoms with Gasteiger partial charge in [0, 0.05) is 25.4 Å². The predicted octanol–water partition coefficient (Wildman–Crippen LogP) is 1.53. The molecular formula is C6H13N2OPS. The summed E-state index contributed by atoms with van der Waals surface area (Å²) in [5.74, 6) is 1.01. The third kappa shape index (κ3) is 1.50. The standard InChI is InChI=1S/C6H13N2OPS/c9-10(7-3-6-11-10)8-4-1-2-5-8/h1-6H2,(H,7,9). The van der Waals surface area contributed by atoms with E-state index in [9.17, 15) is 4.57 Å². The largest absolute Gasteiger partial charge is 0.277 e. The van der Waals surface area contributed by atoms with E-state index in [2.05, 4.69) is 9.76 Å². The second-order valence-corrected chi connectivity index (χ2v) is 7.77. The van der Waals surface area contributed by atoms with Gasteiger partial charge in [-0.05, 0) is 12.8 Å².